The molecular formula is C19H23BLiN6+3. The third kappa shape index (κ3) is 5.02. The average Bonchev–Trinajstić information content (AvgIpc) is 3.27. The number of nitriles is 1. The Labute approximate surface area is 171 Å². The molecule has 0 aliphatic heterocycles. The van der Waals surface area contributed by atoms with E-state index in [4.69, 9.17) is 10.5 Å². The van der Waals surface area contributed by atoms with Crippen molar-refractivity contribution in [1.29, 1.82) is 5.26 Å². The van der Waals surface area contributed by atoms with Gasteiger partial charge in [0.1, 0.15) is 0 Å². The molecule has 6 nitrogen and oxygen atoms in total. The number of nitrogens with zero attached hydrogens (tertiary/aromatic N) is 3. The summed E-state index contributed by atoms with van der Waals surface area (Å²) in [4.78, 5) is 6.70. The van der Waals surface area contributed by atoms with Gasteiger partial charge in [-0.2, -0.15) is 5.26 Å². The van der Waals surface area contributed by atoms with Crippen LogP contribution < -0.4 is 34.1 Å². The first-order valence-electron chi connectivity index (χ1n) is 8.51. The molecule has 0 fully saturated rings. The van der Waals surface area contributed by atoms with E-state index in [0.29, 0.717) is 0 Å². The maximum Gasteiger partial charge on any atom is 1.00 e. The Kier molecular flexibility index (Phi) is 8.90. The van der Waals surface area contributed by atoms with Crippen LogP contribution in [0.2, 0.25) is 6.82 Å². The van der Waals surface area contributed by atoms with E-state index in [2.05, 4.69) is 62.4 Å². The first-order valence-corrected chi connectivity index (χ1v) is 8.51. The van der Waals surface area contributed by atoms with E-state index in [-0.39, 0.29) is 18.9 Å². The van der Waals surface area contributed by atoms with E-state index < -0.39 is 6.98 Å². The van der Waals surface area contributed by atoms with Crippen LogP contribution in [0.1, 0.15) is 13.8 Å². The number of nitrogens with one attached hydrogen (secondary N) is 3. The Morgan fingerprint density at radius 3 is 1.67 bits per heavy atom. The Hall–Kier alpha value is -2.98. The molecule has 0 aromatic carbocycles. The molecule has 3 N–H and O–H groups in total. The van der Waals surface area contributed by atoms with Gasteiger partial charge in [-0.25, -0.2) is 0 Å². The number of hydrogen-bond acceptors (Lipinski definition) is 1. The van der Waals surface area contributed by atoms with Gasteiger partial charge in [-0.1, -0.05) is 0 Å². The molecule has 0 aliphatic rings. The largest absolute Gasteiger partial charge is 1.00 e. The molecule has 0 aliphatic carbocycles. The number of H-pyrrole nitrogens is 2. The molecule has 27 heavy (non-hydrogen) atoms. The fourth-order valence-electron chi connectivity index (χ4n) is 3.07. The summed E-state index contributed by atoms with van der Waals surface area (Å²) in [5.41, 5.74) is 2.35. The van der Waals surface area contributed by atoms with Crippen molar-refractivity contribution in [2.45, 2.75) is 20.7 Å². The van der Waals surface area contributed by atoms with Crippen LogP contribution in [0.25, 0.3) is 22.1 Å². The van der Waals surface area contributed by atoms with Gasteiger partial charge >= 0.3 is 25.8 Å². The average molecular weight is 353 g/mol. The molecule has 8 heteroatoms. The second kappa shape index (κ2) is 10.9. The van der Waals surface area contributed by atoms with Crippen molar-refractivity contribution in [2.24, 2.45) is 0 Å². The van der Waals surface area contributed by atoms with Crippen molar-refractivity contribution in [1.82, 2.24) is 8.96 Å². The van der Waals surface area contributed by atoms with Crippen LogP contribution in [0.15, 0.2) is 61.2 Å². The summed E-state index contributed by atoms with van der Waals surface area (Å²) in [6.07, 6.45) is 8.28. The summed E-state index contributed by atoms with van der Waals surface area (Å²) in [7, 11) is 0. The minimum Gasteiger partial charge on any atom is -0.392 e. The monoisotopic (exact) mass is 353 g/mol. The molecule has 0 bridgehead atoms. The zero-order chi connectivity index (χ0) is 18.9. The Morgan fingerprint density at radius 1 is 0.926 bits per heavy atom. The Bertz CT molecular complexity index is 987. The van der Waals surface area contributed by atoms with Gasteiger partial charge in [0.15, 0.2) is 0 Å². The smallest absolute Gasteiger partial charge is 0.392 e. The summed E-state index contributed by atoms with van der Waals surface area (Å²) < 4.78 is 4.66. The standard InChI is InChI=1S/C15H14BN4.2C2H3N.Li/c1-16(19-10-6-12-4-2-8-17-14(12)19)20-11-7-13-5-3-9-18-15(13)20;2*1-2-3;/h2-11,16H,1H3;2*1H3;/q-1;;;+1/p+3. The third-order valence-corrected chi connectivity index (χ3v) is 4.16. The number of aromatic amines is 2. The van der Waals surface area contributed by atoms with Gasteiger partial charge in [0.05, 0.1) is 36.2 Å². The first kappa shape index (κ1) is 22.1. The van der Waals surface area contributed by atoms with Crippen molar-refractivity contribution < 1.29 is 34.1 Å². The zero-order valence-corrected chi connectivity index (χ0v) is 16.3. The van der Waals surface area contributed by atoms with Crippen LogP contribution >= 0.6 is 0 Å². The summed E-state index contributed by atoms with van der Waals surface area (Å²) in [5, 5.41) is 15.8. The normalized spacial score (nSPS) is 9.26. The molecule has 4 aromatic heterocycles. The third-order valence-electron chi connectivity index (χ3n) is 4.16. The molecule has 4 aromatic rings. The van der Waals surface area contributed by atoms with Gasteiger partial charge in [0.2, 0.25) is 11.3 Å². The van der Waals surface area contributed by atoms with Crippen molar-refractivity contribution in [3.63, 3.8) is 0 Å². The predicted molar refractivity (Wildman–Crippen MR) is 103 cm³/mol. The Morgan fingerprint density at radius 2 is 1.30 bits per heavy atom. The van der Waals surface area contributed by atoms with Crippen LogP contribution in [-0.2, 0) is 0 Å². The second-order valence-electron chi connectivity index (χ2n) is 5.77. The van der Waals surface area contributed by atoms with Crippen molar-refractivity contribution in [2.75, 3.05) is 0 Å². The molecule has 0 unspecified atom stereocenters. The fourth-order valence-corrected chi connectivity index (χ4v) is 3.07. The molecular weight excluding hydrogens is 330 g/mol. The van der Waals surface area contributed by atoms with Gasteiger partial charge < -0.3 is 8.96 Å². The summed E-state index contributed by atoms with van der Waals surface area (Å²) in [6, 6.07) is 16.4. The number of aromatic nitrogens is 4. The molecule has 0 saturated carbocycles. The van der Waals surface area contributed by atoms with Crippen LogP contribution in [-0.4, -0.2) is 15.9 Å². The maximum absolute atomic E-state index is 7.32. The van der Waals surface area contributed by atoms with Crippen LogP contribution in [0.5, 0.6) is 0 Å². The molecule has 4 heterocycles. The molecule has 0 saturated heterocycles. The molecule has 0 radical (unpaired) electrons. The second-order valence-corrected chi connectivity index (χ2v) is 5.77. The minimum absolute atomic E-state index is 0. The Balaban J connectivity index is 0.000000466. The molecule has 4 rings (SSSR count). The van der Waals surface area contributed by atoms with E-state index >= 15 is 0 Å². The summed E-state index contributed by atoms with van der Waals surface area (Å²) in [5.74, 6) is 0. The van der Waals surface area contributed by atoms with Gasteiger partial charge in [-0.15, -0.1) is 12.1 Å². The topological polar surface area (TPSA) is 85.7 Å². The van der Waals surface area contributed by atoms with Crippen LogP contribution in [0, 0.1) is 17.4 Å². The van der Waals surface area contributed by atoms with E-state index in [1.165, 1.54) is 29.0 Å². The van der Waals surface area contributed by atoms with E-state index in [1.807, 2.05) is 30.6 Å². The summed E-state index contributed by atoms with van der Waals surface area (Å²) in [6.45, 7) is 4.52. The molecule has 0 amide bonds. The number of hydrogen-bond donors (Lipinski definition) is 1. The zero-order valence-electron chi connectivity index (χ0n) is 16.3. The quantitative estimate of drug-likeness (QED) is 0.407. The van der Waals surface area contributed by atoms with Gasteiger partial charge in [0.25, 0.3) is 6.07 Å². The van der Waals surface area contributed by atoms with E-state index in [1.54, 1.807) is 13.0 Å². The van der Waals surface area contributed by atoms with Crippen molar-refractivity contribution in [3.8, 4) is 12.1 Å². The van der Waals surface area contributed by atoms with E-state index in [9.17, 15) is 0 Å². The number of pyridine rings is 2. The van der Waals surface area contributed by atoms with Crippen molar-refractivity contribution >= 4 is 29.0 Å². The van der Waals surface area contributed by atoms with Gasteiger partial charge in [-0.05, 0) is 36.4 Å². The van der Waals surface area contributed by atoms with Crippen molar-refractivity contribution in [3.05, 3.63) is 61.2 Å². The predicted octanol–water partition coefficient (Wildman–Crippen LogP) is -2.22. The summed E-state index contributed by atoms with van der Waals surface area (Å²) >= 11 is 0. The molecule has 130 valence electrons. The molecule has 0 atom stereocenters. The number of fused-ring (bicyclic) bond motifs is 2. The SMILES string of the molecule is CC#N.CC#[NH+].C[BH-](n1ccc2ccc[nH+]c21)n1ccc2ccc[nH+]c21.[Li+]. The number of rotatable bonds is 2. The van der Waals surface area contributed by atoms with Gasteiger partial charge in [-0.3, -0.25) is 9.97 Å². The van der Waals surface area contributed by atoms with Crippen LogP contribution in [0.3, 0.4) is 0 Å². The van der Waals surface area contributed by atoms with Gasteiger partial charge in [0, 0.05) is 19.3 Å². The molecule has 0 spiro atoms. The minimum atomic E-state index is -0.732. The maximum atomic E-state index is 7.32. The first-order chi connectivity index (χ1) is 12.7. The van der Waals surface area contributed by atoms with Crippen LogP contribution in [0.4, 0.5) is 0 Å². The van der Waals surface area contributed by atoms with E-state index in [0.717, 1.165) is 0 Å². The fraction of sp³-hybridized carbons (Fsp3) is 0.158.